The smallest absolute Gasteiger partial charge is 0.129 e. The molecule has 0 radical (unpaired) electrons. The molecular weight excluding hydrogens is 485 g/mol. The lowest BCUT2D eigenvalue weighted by Gasteiger charge is -2.33. The van der Waals surface area contributed by atoms with E-state index in [1.54, 1.807) is 23.5 Å². The van der Waals surface area contributed by atoms with Crippen LogP contribution in [0.25, 0.3) is 0 Å². The first kappa shape index (κ1) is 22.9. The number of fused-ring (bicyclic) bond motifs is 3. The monoisotopic (exact) mass is 508 g/mol. The standard InChI is InChI=1S/C27H24O2S4/c1-27(2)14-24-21-13-17(15-32-26(31)20-8-4-6-10-23(20)29-27)11-12-18(21)16-33-25(30)19-7-3-5-9-22(19)28-24/h3-13,24H,14-16H2,1-2H3. The van der Waals surface area contributed by atoms with E-state index in [4.69, 9.17) is 33.9 Å². The fourth-order valence-corrected chi connectivity index (χ4v) is 6.60. The predicted molar refractivity (Wildman–Crippen MR) is 148 cm³/mol. The molecule has 3 aromatic rings. The van der Waals surface area contributed by atoms with Crippen LogP contribution in [0, 0.1) is 0 Å². The summed E-state index contributed by atoms with van der Waals surface area (Å²) in [5.74, 6) is 3.28. The molecule has 2 nitrogen and oxygen atoms in total. The number of rotatable bonds is 0. The van der Waals surface area contributed by atoms with Crippen molar-refractivity contribution in [3.63, 3.8) is 0 Å². The van der Waals surface area contributed by atoms with Gasteiger partial charge in [-0.2, -0.15) is 0 Å². The highest BCUT2D eigenvalue weighted by molar-refractivity contribution is 8.23. The van der Waals surface area contributed by atoms with E-state index in [0.717, 1.165) is 42.5 Å². The van der Waals surface area contributed by atoms with E-state index in [0.29, 0.717) is 6.42 Å². The Bertz CT molecular complexity index is 1230. The van der Waals surface area contributed by atoms with Crippen molar-refractivity contribution in [1.29, 1.82) is 0 Å². The first-order valence-corrected chi connectivity index (χ1v) is 13.7. The maximum absolute atomic E-state index is 6.74. The van der Waals surface area contributed by atoms with Crippen molar-refractivity contribution in [3.05, 3.63) is 94.5 Å². The molecular formula is C27H24O2S4. The summed E-state index contributed by atoms with van der Waals surface area (Å²) in [6.45, 7) is 4.24. The van der Waals surface area contributed by atoms with Gasteiger partial charge in [0, 0.05) is 29.1 Å². The maximum Gasteiger partial charge on any atom is 0.129 e. The van der Waals surface area contributed by atoms with Gasteiger partial charge in [-0.1, -0.05) is 66.9 Å². The SMILES string of the molecule is CC1(C)CC2Oc3ccccc3C(=S)SCc3ccc(cc32)CSC(=S)c2ccccc2O1. The molecule has 6 heteroatoms. The highest BCUT2D eigenvalue weighted by Crippen LogP contribution is 2.41. The molecule has 0 saturated carbocycles. The van der Waals surface area contributed by atoms with Crippen molar-refractivity contribution < 1.29 is 9.47 Å². The largest absolute Gasteiger partial charge is 0.487 e. The Labute approximate surface area is 214 Å². The van der Waals surface area contributed by atoms with Crippen LogP contribution in [0.3, 0.4) is 0 Å². The van der Waals surface area contributed by atoms with Gasteiger partial charge in [0.1, 0.15) is 23.2 Å². The van der Waals surface area contributed by atoms with Crippen molar-refractivity contribution in [1.82, 2.24) is 0 Å². The van der Waals surface area contributed by atoms with Gasteiger partial charge in [-0.3, -0.25) is 0 Å². The number of thiocarbonyl (C=S) groups is 2. The van der Waals surface area contributed by atoms with Crippen molar-refractivity contribution in [3.8, 4) is 11.5 Å². The third kappa shape index (κ3) is 4.99. The predicted octanol–water partition coefficient (Wildman–Crippen LogP) is 7.90. The molecule has 0 N–H and O–H groups in total. The van der Waals surface area contributed by atoms with Crippen LogP contribution in [0.1, 0.15) is 54.2 Å². The Balaban J connectivity index is 1.64. The number of para-hydroxylation sites is 2. The zero-order valence-corrected chi connectivity index (χ0v) is 21.8. The lowest BCUT2D eigenvalue weighted by atomic mass is 9.91. The number of thioether (sulfide) groups is 2. The molecule has 2 bridgehead atoms. The molecule has 33 heavy (non-hydrogen) atoms. The zero-order chi connectivity index (χ0) is 23.0. The summed E-state index contributed by atoms with van der Waals surface area (Å²) in [7, 11) is 0. The Morgan fingerprint density at radius 3 is 2.21 bits per heavy atom. The van der Waals surface area contributed by atoms with Crippen LogP contribution in [0.5, 0.6) is 11.5 Å². The van der Waals surface area contributed by atoms with Gasteiger partial charge in [-0.15, -0.1) is 23.5 Å². The third-order valence-electron chi connectivity index (χ3n) is 5.83. The van der Waals surface area contributed by atoms with Crippen LogP contribution in [0.4, 0.5) is 0 Å². The average molecular weight is 509 g/mol. The van der Waals surface area contributed by atoms with Crippen LogP contribution < -0.4 is 9.47 Å². The Kier molecular flexibility index (Phi) is 6.54. The van der Waals surface area contributed by atoms with Gasteiger partial charge in [-0.05, 0) is 54.8 Å². The average Bonchev–Trinajstić information content (AvgIpc) is 2.85. The van der Waals surface area contributed by atoms with E-state index >= 15 is 0 Å². The molecule has 1 unspecified atom stereocenters. The van der Waals surface area contributed by atoms with Crippen molar-refractivity contribution >= 4 is 56.4 Å². The Morgan fingerprint density at radius 1 is 0.818 bits per heavy atom. The van der Waals surface area contributed by atoms with E-state index in [-0.39, 0.29) is 6.10 Å². The molecule has 0 aliphatic carbocycles. The normalized spacial score (nSPS) is 19.8. The topological polar surface area (TPSA) is 18.5 Å². The second kappa shape index (κ2) is 9.41. The van der Waals surface area contributed by atoms with Crippen LogP contribution in [-0.4, -0.2) is 14.0 Å². The van der Waals surface area contributed by atoms with Gasteiger partial charge >= 0.3 is 0 Å². The third-order valence-corrected chi connectivity index (χ3v) is 8.88. The van der Waals surface area contributed by atoms with Gasteiger partial charge < -0.3 is 9.47 Å². The van der Waals surface area contributed by atoms with Crippen LogP contribution in [-0.2, 0) is 11.5 Å². The van der Waals surface area contributed by atoms with Crippen molar-refractivity contribution in [2.24, 2.45) is 0 Å². The van der Waals surface area contributed by atoms with Gasteiger partial charge in [0.15, 0.2) is 0 Å². The summed E-state index contributed by atoms with van der Waals surface area (Å²) in [6.07, 6.45) is 0.518. The summed E-state index contributed by atoms with van der Waals surface area (Å²) in [4.78, 5) is 0. The quantitative estimate of drug-likeness (QED) is 0.285. The van der Waals surface area contributed by atoms with Crippen molar-refractivity contribution in [2.75, 3.05) is 0 Å². The molecule has 2 heterocycles. The molecule has 5 rings (SSSR count). The van der Waals surface area contributed by atoms with Gasteiger partial charge in [0.2, 0.25) is 0 Å². The summed E-state index contributed by atoms with van der Waals surface area (Å²) in [5.41, 5.74) is 5.18. The lowest BCUT2D eigenvalue weighted by molar-refractivity contribution is 0.0472. The second-order valence-electron chi connectivity index (χ2n) is 8.85. The van der Waals surface area contributed by atoms with E-state index in [1.165, 1.54) is 16.7 Å². The minimum Gasteiger partial charge on any atom is -0.487 e. The molecule has 0 aromatic heterocycles. The summed E-state index contributed by atoms with van der Waals surface area (Å²) in [6, 6.07) is 22.9. The van der Waals surface area contributed by atoms with Gasteiger partial charge in [-0.25, -0.2) is 0 Å². The number of benzene rings is 3. The summed E-state index contributed by atoms with van der Waals surface area (Å²) in [5, 5.41) is 0. The molecule has 1 atom stereocenters. The number of hydrogen-bond acceptors (Lipinski definition) is 6. The highest BCUT2D eigenvalue weighted by atomic mass is 32.2. The first-order valence-electron chi connectivity index (χ1n) is 10.9. The highest BCUT2D eigenvalue weighted by Gasteiger charge is 2.32. The fourth-order valence-electron chi connectivity index (χ4n) is 4.23. The number of ether oxygens (including phenoxy) is 2. The summed E-state index contributed by atoms with van der Waals surface area (Å²) < 4.78 is 15.1. The molecule has 3 aromatic carbocycles. The molecule has 0 saturated heterocycles. The zero-order valence-electron chi connectivity index (χ0n) is 18.5. The molecule has 0 amide bonds. The summed E-state index contributed by atoms with van der Waals surface area (Å²) >= 11 is 14.9. The van der Waals surface area contributed by atoms with Crippen LogP contribution >= 0.6 is 48.0 Å². The molecule has 0 spiro atoms. The van der Waals surface area contributed by atoms with E-state index < -0.39 is 5.60 Å². The van der Waals surface area contributed by atoms with E-state index in [9.17, 15) is 0 Å². The molecule has 2 aliphatic heterocycles. The fraction of sp³-hybridized carbons (Fsp3) is 0.259. The Morgan fingerprint density at radius 2 is 1.45 bits per heavy atom. The number of hydrogen-bond donors (Lipinski definition) is 0. The Hall–Kier alpha value is -1.86. The lowest BCUT2D eigenvalue weighted by Crippen LogP contribution is -2.33. The first-order chi connectivity index (χ1) is 15.9. The second-order valence-corrected chi connectivity index (χ2v) is 12.2. The minimum atomic E-state index is -0.482. The van der Waals surface area contributed by atoms with Gasteiger partial charge in [0.25, 0.3) is 0 Å². The molecule has 0 fully saturated rings. The minimum absolute atomic E-state index is 0.166. The maximum atomic E-state index is 6.74. The van der Waals surface area contributed by atoms with Crippen LogP contribution in [0.15, 0.2) is 66.7 Å². The molecule has 2 aliphatic rings. The van der Waals surface area contributed by atoms with Crippen LogP contribution in [0.2, 0.25) is 0 Å². The van der Waals surface area contributed by atoms with E-state index in [1.807, 2.05) is 42.5 Å². The van der Waals surface area contributed by atoms with Crippen molar-refractivity contribution in [2.45, 2.75) is 43.5 Å². The molecule has 168 valence electrons. The van der Waals surface area contributed by atoms with Gasteiger partial charge in [0.05, 0.1) is 8.39 Å². The van der Waals surface area contributed by atoms with E-state index in [2.05, 4.69) is 38.1 Å².